The maximum absolute atomic E-state index is 11.6. The van der Waals surface area contributed by atoms with Crippen molar-refractivity contribution in [2.75, 3.05) is 13.1 Å². The number of amides is 1. The molecule has 26 heavy (non-hydrogen) atoms. The van der Waals surface area contributed by atoms with Crippen LogP contribution >= 0.6 is 0 Å². The molecule has 142 valence electrons. The van der Waals surface area contributed by atoms with Gasteiger partial charge in [0.1, 0.15) is 11.6 Å². The van der Waals surface area contributed by atoms with Crippen molar-refractivity contribution >= 4 is 5.91 Å². The number of nitrogens with zero attached hydrogens (tertiary/aromatic N) is 3. The predicted molar refractivity (Wildman–Crippen MR) is 101 cm³/mol. The van der Waals surface area contributed by atoms with Gasteiger partial charge < -0.3 is 14.7 Å². The predicted octanol–water partition coefficient (Wildman–Crippen LogP) is 3.27. The minimum absolute atomic E-state index is 0.170. The first-order chi connectivity index (χ1) is 12.3. The lowest BCUT2D eigenvalue weighted by Crippen LogP contribution is -2.35. The van der Waals surface area contributed by atoms with Crippen molar-refractivity contribution in [3.8, 4) is 0 Å². The molecule has 1 amide bonds. The fraction of sp³-hybridized carbons (Fsp3) is 0.600. The average Bonchev–Trinajstić information content (AvgIpc) is 3.21. The number of aromatic nitrogens is 2. The molecule has 3 heterocycles. The minimum Gasteiger partial charge on any atom is -0.455 e. The molecule has 2 N–H and O–H groups in total. The second-order valence-corrected chi connectivity index (χ2v) is 8.22. The Morgan fingerprint density at radius 3 is 2.85 bits per heavy atom. The number of rotatable bonds is 5. The summed E-state index contributed by atoms with van der Waals surface area (Å²) in [7, 11) is 0. The standard InChI is InChI=1S/C20H30N4O2/c1-5-24-10-8-22-19(24)14-7-6-9-23(12-14)13-15-11-16(18(21)25)26-17(15)20(2,3)4/h8,10-11,14H,5-7,9,12-13H2,1-4H3,(H2,21,25)/t14-/m0/s1. The smallest absolute Gasteiger partial charge is 0.284 e. The third-order valence-corrected chi connectivity index (χ3v) is 5.09. The second-order valence-electron chi connectivity index (χ2n) is 8.22. The van der Waals surface area contributed by atoms with Gasteiger partial charge in [-0.3, -0.25) is 9.69 Å². The normalized spacial score (nSPS) is 19.0. The van der Waals surface area contributed by atoms with Crippen LogP contribution in [0, 0.1) is 0 Å². The maximum atomic E-state index is 11.6. The molecule has 6 nitrogen and oxygen atoms in total. The maximum Gasteiger partial charge on any atom is 0.284 e. The lowest BCUT2D eigenvalue weighted by molar-refractivity contribution is 0.0970. The second kappa shape index (κ2) is 7.27. The van der Waals surface area contributed by atoms with Crippen LogP contribution in [0.4, 0.5) is 0 Å². The Hall–Kier alpha value is -2.08. The number of piperidine rings is 1. The summed E-state index contributed by atoms with van der Waals surface area (Å²) >= 11 is 0. The molecule has 1 aliphatic heterocycles. The van der Waals surface area contributed by atoms with Crippen LogP contribution in [-0.2, 0) is 18.5 Å². The highest BCUT2D eigenvalue weighted by Crippen LogP contribution is 2.32. The molecule has 0 radical (unpaired) electrons. The first-order valence-corrected chi connectivity index (χ1v) is 9.46. The van der Waals surface area contributed by atoms with Gasteiger partial charge in [0.05, 0.1) is 0 Å². The summed E-state index contributed by atoms with van der Waals surface area (Å²) in [5.74, 6) is 2.21. The van der Waals surface area contributed by atoms with E-state index in [0.29, 0.717) is 5.92 Å². The van der Waals surface area contributed by atoms with E-state index in [-0.39, 0.29) is 11.2 Å². The SMILES string of the molecule is CCn1ccnc1[C@H]1CCCN(Cc2cc(C(N)=O)oc2C(C)(C)C)C1. The van der Waals surface area contributed by atoms with Gasteiger partial charge in [0.15, 0.2) is 5.76 Å². The van der Waals surface area contributed by atoms with Crippen molar-refractivity contribution in [2.45, 2.75) is 65.0 Å². The average molecular weight is 358 g/mol. The highest BCUT2D eigenvalue weighted by Gasteiger charge is 2.29. The number of aryl methyl sites for hydroxylation is 1. The van der Waals surface area contributed by atoms with Gasteiger partial charge in [0, 0.05) is 48.9 Å². The van der Waals surface area contributed by atoms with Crippen LogP contribution in [-0.4, -0.2) is 33.4 Å². The molecule has 0 saturated carbocycles. The van der Waals surface area contributed by atoms with Crippen molar-refractivity contribution in [2.24, 2.45) is 5.73 Å². The molecular weight excluding hydrogens is 328 g/mol. The molecule has 6 heteroatoms. The first kappa shape index (κ1) is 18.7. The Kier molecular flexibility index (Phi) is 5.23. The molecule has 2 aromatic heterocycles. The van der Waals surface area contributed by atoms with Gasteiger partial charge >= 0.3 is 0 Å². The van der Waals surface area contributed by atoms with E-state index in [1.807, 2.05) is 12.3 Å². The number of nitrogens with two attached hydrogens (primary N) is 1. The number of hydrogen-bond donors (Lipinski definition) is 1. The van der Waals surface area contributed by atoms with Crippen molar-refractivity contribution in [1.29, 1.82) is 0 Å². The summed E-state index contributed by atoms with van der Waals surface area (Å²) in [4.78, 5) is 18.6. The number of likely N-dealkylation sites (tertiary alicyclic amines) is 1. The highest BCUT2D eigenvalue weighted by atomic mass is 16.4. The van der Waals surface area contributed by atoms with Gasteiger partial charge in [0.2, 0.25) is 0 Å². The quantitative estimate of drug-likeness (QED) is 0.890. The molecular formula is C20H30N4O2. The van der Waals surface area contributed by atoms with Crippen molar-refractivity contribution < 1.29 is 9.21 Å². The number of primary amides is 1. The zero-order chi connectivity index (χ0) is 18.9. The van der Waals surface area contributed by atoms with E-state index in [4.69, 9.17) is 10.2 Å². The zero-order valence-electron chi connectivity index (χ0n) is 16.3. The summed E-state index contributed by atoms with van der Waals surface area (Å²) in [5.41, 5.74) is 6.32. The molecule has 0 aliphatic carbocycles. The van der Waals surface area contributed by atoms with E-state index in [1.54, 1.807) is 0 Å². The van der Waals surface area contributed by atoms with Crippen LogP contribution in [0.25, 0.3) is 0 Å². The third kappa shape index (κ3) is 3.85. The number of furan rings is 1. The highest BCUT2D eigenvalue weighted by molar-refractivity contribution is 5.90. The monoisotopic (exact) mass is 358 g/mol. The molecule has 3 rings (SSSR count). The van der Waals surface area contributed by atoms with Crippen LogP contribution in [0.3, 0.4) is 0 Å². The van der Waals surface area contributed by atoms with Crippen LogP contribution in [0.2, 0.25) is 0 Å². The fourth-order valence-electron chi connectivity index (χ4n) is 3.90. The fourth-order valence-corrected chi connectivity index (χ4v) is 3.90. The molecule has 1 saturated heterocycles. The van der Waals surface area contributed by atoms with Gasteiger partial charge in [-0.05, 0) is 32.4 Å². The zero-order valence-corrected chi connectivity index (χ0v) is 16.3. The summed E-state index contributed by atoms with van der Waals surface area (Å²) in [6.07, 6.45) is 6.26. The number of imidazole rings is 1. The summed E-state index contributed by atoms with van der Waals surface area (Å²) in [6.45, 7) is 12.2. The Balaban J connectivity index is 1.79. The summed E-state index contributed by atoms with van der Waals surface area (Å²) in [5, 5.41) is 0. The van der Waals surface area contributed by atoms with E-state index in [9.17, 15) is 4.79 Å². The van der Waals surface area contributed by atoms with Gasteiger partial charge in [-0.1, -0.05) is 20.8 Å². The molecule has 1 aliphatic rings. The lowest BCUT2D eigenvalue weighted by Gasteiger charge is -2.33. The first-order valence-electron chi connectivity index (χ1n) is 9.46. The number of hydrogen-bond acceptors (Lipinski definition) is 4. The van der Waals surface area contributed by atoms with Crippen LogP contribution in [0.15, 0.2) is 22.9 Å². The van der Waals surface area contributed by atoms with Gasteiger partial charge in [-0.2, -0.15) is 0 Å². The Morgan fingerprint density at radius 2 is 2.19 bits per heavy atom. The van der Waals surface area contributed by atoms with Crippen molar-refractivity contribution in [1.82, 2.24) is 14.5 Å². The van der Waals surface area contributed by atoms with Crippen molar-refractivity contribution in [3.63, 3.8) is 0 Å². The molecule has 1 fully saturated rings. The molecule has 1 atom stereocenters. The van der Waals surface area contributed by atoms with E-state index < -0.39 is 5.91 Å². The molecule has 0 bridgehead atoms. The minimum atomic E-state index is -0.511. The number of carbonyl (C=O) groups excluding carboxylic acids is 1. The Bertz CT molecular complexity index is 769. The van der Waals surface area contributed by atoms with E-state index >= 15 is 0 Å². The summed E-state index contributed by atoms with van der Waals surface area (Å²) in [6, 6.07) is 1.82. The molecule has 0 spiro atoms. The van der Waals surface area contributed by atoms with Crippen LogP contribution < -0.4 is 5.73 Å². The largest absolute Gasteiger partial charge is 0.455 e. The van der Waals surface area contributed by atoms with Crippen molar-refractivity contribution in [3.05, 3.63) is 41.4 Å². The molecule has 0 unspecified atom stereocenters. The van der Waals surface area contributed by atoms with Gasteiger partial charge in [-0.15, -0.1) is 0 Å². The van der Waals surface area contributed by atoms with Gasteiger partial charge in [-0.25, -0.2) is 4.98 Å². The molecule has 2 aromatic rings. The van der Waals surface area contributed by atoms with E-state index in [2.05, 4.69) is 48.3 Å². The topological polar surface area (TPSA) is 77.3 Å². The van der Waals surface area contributed by atoms with E-state index in [1.165, 1.54) is 5.82 Å². The Labute approximate surface area is 155 Å². The van der Waals surface area contributed by atoms with Crippen LogP contribution in [0.5, 0.6) is 0 Å². The van der Waals surface area contributed by atoms with Gasteiger partial charge in [0.25, 0.3) is 5.91 Å². The lowest BCUT2D eigenvalue weighted by atomic mass is 9.90. The molecule has 0 aromatic carbocycles. The Morgan fingerprint density at radius 1 is 1.42 bits per heavy atom. The number of carbonyl (C=O) groups is 1. The summed E-state index contributed by atoms with van der Waals surface area (Å²) < 4.78 is 8.03. The van der Waals surface area contributed by atoms with E-state index in [0.717, 1.165) is 50.3 Å². The van der Waals surface area contributed by atoms with Crippen LogP contribution in [0.1, 0.15) is 74.2 Å². The third-order valence-electron chi connectivity index (χ3n) is 5.09.